The minimum absolute atomic E-state index is 0.0288. The van der Waals surface area contributed by atoms with E-state index in [4.69, 9.17) is 16.3 Å². The Kier molecular flexibility index (Phi) is 6.40. The van der Waals surface area contributed by atoms with Crippen LogP contribution in [-0.4, -0.2) is 17.6 Å². The van der Waals surface area contributed by atoms with Crippen molar-refractivity contribution in [2.24, 2.45) is 0 Å². The Morgan fingerprint density at radius 2 is 2.13 bits per heavy atom. The predicted octanol–water partition coefficient (Wildman–Crippen LogP) is 3.54. The highest BCUT2D eigenvalue weighted by Gasteiger charge is 2.02. The van der Waals surface area contributed by atoms with Crippen LogP contribution in [0.3, 0.4) is 0 Å². The molecule has 1 N–H and O–H groups in total. The number of halogens is 2. The number of alkyl carbamates (subject to hydrolysis) is 1. The third-order valence-electron chi connectivity index (χ3n) is 2.75. The molecule has 0 saturated carbocycles. The van der Waals surface area contributed by atoms with Crippen LogP contribution >= 0.6 is 11.6 Å². The number of pyridine rings is 1. The van der Waals surface area contributed by atoms with Crippen molar-refractivity contribution in [3.63, 3.8) is 0 Å². The van der Waals surface area contributed by atoms with Crippen LogP contribution < -0.4 is 5.32 Å². The first-order valence-electron chi connectivity index (χ1n) is 6.89. The molecule has 1 heterocycles. The van der Waals surface area contributed by atoms with Crippen LogP contribution in [-0.2, 0) is 11.3 Å². The number of benzene rings is 1. The maximum absolute atomic E-state index is 13.4. The van der Waals surface area contributed by atoms with Crippen LogP contribution in [0.15, 0.2) is 42.6 Å². The molecule has 0 aliphatic heterocycles. The maximum atomic E-state index is 13.4. The van der Waals surface area contributed by atoms with Crippen molar-refractivity contribution in [1.82, 2.24) is 10.3 Å². The monoisotopic (exact) mass is 332 g/mol. The van der Waals surface area contributed by atoms with E-state index in [9.17, 15) is 9.18 Å². The van der Waals surface area contributed by atoms with E-state index < -0.39 is 11.9 Å². The van der Waals surface area contributed by atoms with Gasteiger partial charge in [0.05, 0.1) is 5.02 Å². The Morgan fingerprint density at radius 1 is 1.35 bits per heavy atom. The number of nitrogens with one attached hydrogen (secondary N) is 1. The van der Waals surface area contributed by atoms with Gasteiger partial charge in [-0.3, -0.25) is 0 Å². The van der Waals surface area contributed by atoms with E-state index in [0.29, 0.717) is 13.0 Å². The van der Waals surface area contributed by atoms with Crippen LogP contribution in [0.1, 0.15) is 17.7 Å². The lowest BCUT2D eigenvalue weighted by Gasteiger charge is -2.05. The average molecular weight is 333 g/mol. The number of aromatic nitrogens is 1. The van der Waals surface area contributed by atoms with Gasteiger partial charge in [-0.25, -0.2) is 14.2 Å². The van der Waals surface area contributed by atoms with Crippen LogP contribution in [0.2, 0.25) is 5.02 Å². The van der Waals surface area contributed by atoms with Crippen molar-refractivity contribution >= 4 is 17.7 Å². The molecule has 0 aliphatic rings. The van der Waals surface area contributed by atoms with Gasteiger partial charge in [-0.15, -0.1) is 0 Å². The molecule has 0 spiro atoms. The molecule has 118 valence electrons. The van der Waals surface area contributed by atoms with Crippen molar-refractivity contribution in [2.75, 3.05) is 6.54 Å². The third kappa shape index (κ3) is 5.97. The first-order valence-corrected chi connectivity index (χ1v) is 7.27. The van der Waals surface area contributed by atoms with Gasteiger partial charge in [0.15, 0.2) is 5.82 Å². The molecule has 2 rings (SSSR count). The van der Waals surface area contributed by atoms with Crippen molar-refractivity contribution in [2.45, 2.75) is 13.0 Å². The number of amides is 1. The Hall–Kier alpha value is -2.58. The fourth-order valence-electron chi connectivity index (χ4n) is 1.65. The number of carbonyl (C=O) groups is 1. The maximum Gasteiger partial charge on any atom is 0.407 e. The van der Waals surface area contributed by atoms with Gasteiger partial charge in [-0.1, -0.05) is 47.9 Å². The van der Waals surface area contributed by atoms with Gasteiger partial charge < -0.3 is 10.1 Å². The zero-order valence-electron chi connectivity index (χ0n) is 12.2. The average Bonchev–Trinajstić information content (AvgIpc) is 2.55. The SMILES string of the molecule is O=C(NCCC#Cc1ncc(Cl)cc1F)OCc1ccccc1. The number of ether oxygens (including phenoxy) is 1. The molecule has 23 heavy (non-hydrogen) atoms. The second-order valence-electron chi connectivity index (χ2n) is 4.52. The van der Waals surface area contributed by atoms with E-state index in [1.165, 1.54) is 6.20 Å². The molecule has 0 atom stereocenters. The largest absolute Gasteiger partial charge is 0.445 e. The van der Waals surface area contributed by atoms with Crippen LogP contribution in [0.5, 0.6) is 0 Å². The molecule has 2 aromatic rings. The number of hydrogen-bond donors (Lipinski definition) is 1. The number of hydrogen-bond acceptors (Lipinski definition) is 3. The lowest BCUT2D eigenvalue weighted by Crippen LogP contribution is -2.24. The summed E-state index contributed by atoms with van der Waals surface area (Å²) in [6.45, 7) is 0.508. The number of rotatable bonds is 4. The summed E-state index contributed by atoms with van der Waals surface area (Å²) < 4.78 is 18.5. The molecule has 0 bridgehead atoms. The minimum Gasteiger partial charge on any atom is -0.445 e. The quantitative estimate of drug-likeness (QED) is 0.688. The van der Waals surface area contributed by atoms with E-state index >= 15 is 0 Å². The lowest BCUT2D eigenvalue weighted by atomic mass is 10.2. The smallest absolute Gasteiger partial charge is 0.407 e. The summed E-state index contributed by atoms with van der Waals surface area (Å²) in [4.78, 5) is 15.3. The molecule has 1 aromatic carbocycles. The summed E-state index contributed by atoms with van der Waals surface area (Å²) in [6.07, 6.45) is 1.16. The zero-order chi connectivity index (χ0) is 16.5. The Morgan fingerprint density at radius 3 is 2.87 bits per heavy atom. The highest BCUT2D eigenvalue weighted by molar-refractivity contribution is 6.30. The first kappa shape index (κ1) is 16.8. The first-order chi connectivity index (χ1) is 11.1. The topological polar surface area (TPSA) is 51.2 Å². The second kappa shape index (κ2) is 8.76. The number of nitrogens with zero attached hydrogens (tertiary/aromatic N) is 1. The Balaban J connectivity index is 1.69. The van der Waals surface area contributed by atoms with Gasteiger partial charge in [0.25, 0.3) is 0 Å². The Labute approximate surface area is 138 Å². The van der Waals surface area contributed by atoms with Gasteiger partial charge >= 0.3 is 6.09 Å². The molecule has 1 aromatic heterocycles. The molecular formula is C17H14ClFN2O2. The standard InChI is InChI=1S/C17H14ClFN2O2/c18-14-10-15(19)16(21-11-14)8-4-5-9-20-17(22)23-12-13-6-2-1-3-7-13/h1-3,6-7,10-11H,5,9,12H2,(H,20,22). The highest BCUT2D eigenvalue weighted by Crippen LogP contribution is 2.10. The van der Waals surface area contributed by atoms with E-state index in [2.05, 4.69) is 22.1 Å². The van der Waals surface area contributed by atoms with Crippen molar-refractivity contribution in [3.05, 3.63) is 64.7 Å². The van der Waals surface area contributed by atoms with Gasteiger partial charge in [0.1, 0.15) is 12.3 Å². The zero-order valence-corrected chi connectivity index (χ0v) is 12.9. The molecule has 1 amide bonds. The lowest BCUT2D eigenvalue weighted by molar-refractivity contribution is 0.140. The third-order valence-corrected chi connectivity index (χ3v) is 2.95. The van der Waals surface area contributed by atoms with Crippen LogP contribution in [0.4, 0.5) is 9.18 Å². The van der Waals surface area contributed by atoms with Gasteiger partial charge in [-0.05, 0) is 17.6 Å². The molecule has 6 heteroatoms. The molecule has 4 nitrogen and oxygen atoms in total. The normalized spacial score (nSPS) is 9.65. The van der Waals surface area contributed by atoms with Gasteiger partial charge in [0, 0.05) is 19.2 Å². The summed E-state index contributed by atoms with van der Waals surface area (Å²) in [5.41, 5.74) is 0.938. The second-order valence-corrected chi connectivity index (χ2v) is 4.96. The van der Waals surface area contributed by atoms with Crippen LogP contribution in [0.25, 0.3) is 0 Å². The van der Waals surface area contributed by atoms with Gasteiger partial charge in [-0.2, -0.15) is 0 Å². The predicted molar refractivity (Wildman–Crippen MR) is 85.3 cm³/mol. The molecule has 0 aliphatic carbocycles. The van der Waals surface area contributed by atoms with E-state index in [1.807, 2.05) is 30.3 Å². The molecule has 0 radical (unpaired) electrons. The molecule has 0 saturated heterocycles. The fraction of sp³-hybridized carbons (Fsp3) is 0.176. The minimum atomic E-state index is -0.569. The van der Waals surface area contributed by atoms with E-state index in [-0.39, 0.29) is 17.3 Å². The fourth-order valence-corrected chi connectivity index (χ4v) is 1.80. The molecular weight excluding hydrogens is 319 g/mol. The highest BCUT2D eigenvalue weighted by atomic mass is 35.5. The summed E-state index contributed by atoms with van der Waals surface area (Å²) in [6, 6.07) is 10.5. The Bertz CT molecular complexity index is 726. The van der Waals surface area contributed by atoms with Crippen LogP contribution in [0, 0.1) is 17.7 Å². The van der Waals surface area contributed by atoms with Crippen molar-refractivity contribution in [3.8, 4) is 11.8 Å². The summed E-state index contributed by atoms with van der Waals surface area (Å²) >= 11 is 5.60. The van der Waals surface area contributed by atoms with E-state index in [1.54, 1.807) is 0 Å². The van der Waals surface area contributed by atoms with E-state index in [0.717, 1.165) is 11.6 Å². The number of carbonyl (C=O) groups excluding carboxylic acids is 1. The van der Waals surface area contributed by atoms with Crippen molar-refractivity contribution in [1.29, 1.82) is 0 Å². The van der Waals surface area contributed by atoms with Crippen molar-refractivity contribution < 1.29 is 13.9 Å². The summed E-state index contributed by atoms with van der Waals surface area (Å²) in [5, 5.41) is 2.78. The summed E-state index contributed by atoms with van der Waals surface area (Å²) in [5.74, 6) is 4.74. The summed E-state index contributed by atoms with van der Waals surface area (Å²) in [7, 11) is 0. The molecule has 0 unspecified atom stereocenters. The van der Waals surface area contributed by atoms with Gasteiger partial charge in [0.2, 0.25) is 0 Å². The molecule has 0 fully saturated rings.